The summed E-state index contributed by atoms with van der Waals surface area (Å²) in [6.45, 7) is 5.92. The topological polar surface area (TPSA) is 64.7 Å². The summed E-state index contributed by atoms with van der Waals surface area (Å²) < 4.78 is 3.33. The minimum atomic E-state index is -0.505. The molecule has 142 valence electrons. The van der Waals surface area contributed by atoms with E-state index >= 15 is 0 Å². The molecule has 2 heterocycles. The molecular weight excluding hydrogens is 409 g/mol. The molecule has 0 aliphatic carbocycles. The molecule has 3 rings (SSSR count). The average Bonchev–Trinajstić information content (AvgIpc) is 3.17. The molecule has 1 amide bonds. The number of rotatable bonds is 5. The van der Waals surface area contributed by atoms with Gasteiger partial charge in [0.15, 0.2) is 0 Å². The highest BCUT2D eigenvalue weighted by molar-refractivity contribution is 6.42. The fraction of sp³-hybridized carbons (Fsp3) is 0.278. The molecule has 1 unspecified atom stereocenters. The highest BCUT2D eigenvalue weighted by Gasteiger charge is 2.21. The maximum atomic E-state index is 12.6. The lowest BCUT2D eigenvalue weighted by atomic mass is 10.2. The Bertz CT molecular complexity index is 995. The zero-order valence-corrected chi connectivity index (χ0v) is 17.3. The number of hydrogen-bond acceptors (Lipinski definition) is 3. The van der Waals surface area contributed by atoms with E-state index in [-0.39, 0.29) is 5.91 Å². The van der Waals surface area contributed by atoms with Gasteiger partial charge < -0.3 is 5.32 Å². The highest BCUT2D eigenvalue weighted by Crippen LogP contribution is 2.24. The molecule has 0 radical (unpaired) electrons. The van der Waals surface area contributed by atoms with Crippen LogP contribution in [0.4, 0.5) is 5.69 Å². The first-order valence-electron chi connectivity index (χ1n) is 8.24. The number of nitrogens with one attached hydrogen (secondary N) is 1. The van der Waals surface area contributed by atoms with Crippen LogP contribution in [0.3, 0.4) is 0 Å². The van der Waals surface area contributed by atoms with E-state index in [9.17, 15) is 4.79 Å². The standard InChI is InChI=1S/C18H18Cl3N5O/c1-10-17(21)11(2)26(24-10)12(3)18(27)23-14-7-22-25(9-14)8-13-4-5-15(19)16(20)6-13/h4-7,9,12H,8H2,1-3H3,(H,23,27). The van der Waals surface area contributed by atoms with E-state index in [1.807, 2.05) is 19.9 Å². The van der Waals surface area contributed by atoms with E-state index in [0.29, 0.717) is 33.0 Å². The number of halogens is 3. The minimum Gasteiger partial charge on any atom is -0.322 e. The van der Waals surface area contributed by atoms with Gasteiger partial charge in [0.1, 0.15) is 6.04 Å². The number of anilines is 1. The van der Waals surface area contributed by atoms with Crippen LogP contribution in [0.25, 0.3) is 0 Å². The minimum absolute atomic E-state index is 0.202. The maximum Gasteiger partial charge on any atom is 0.249 e. The van der Waals surface area contributed by atoms with E-state index in [1.165, 1.54) is 0 Å². The molecular formula is C18H18Cl3N5O. The van der Waals surface area contributed by atoms with Crippen LogP contribution in [-0.4, -0.2) is 25.5 Å². The van der Waals surface area contributed by atoms with Gasteiger partial charge in [0.2, 0.25) is 5.91 Å². The van der Waals surface area contributed by atoms with Crippen molar-refractivity contribution in [2.24, 2.45) is 0 Å². The van der Waals surface area contributed by atoms with Crippen molar-refractivity contribution >= 4 is 46.4 Å². The van der Waals surface area contributed by atoms with Gasteiger partial charge >= 0.3 is 0 Å². The Kier molecular flexibility index (Phi) is 5.79. The van der Waals surface area contributed by atoms with Gasteiger partial charge in [-0.1, -0.05) is 40.9 Å². The smallest absolute Gasteiger partial charge is 0.249 e. The summed E-state index contributed by atoms with van der Waals surface area (Å²) in [4.78, 5) is 12.6. The predicted octanol–water partition coefficient (Wildman–Crippen LogP) is 4.90. The summed E-state index contributed by atoms with van der Waals surface area (Å²) in [6.07, 6.45) is 3.34. The van der Waals surface area contributed by atoms with Gasteiger partial charge in [0, 0.05) is 6.20 Å². The van der Waals surface area contributed by atoms with Gasteiger partial charge in [-0.05, 0) is 38.5 Å². The zero-order chi connectivity index (χ0) is 19.7. The van der Waals surface area contributed by atoms with Crippen LogP contribution in [0.2, 0.25) is 15.1 Å². The van der Waals surface area contributed by atoms with Gasteiger partial charge in [-0.2, -0.15) is 10.2 Å². The lowest BCUT2D eigenvalue weighted by molar-refractivity contribution is -0.119. The van der Waals surface area contributed by atoms with Gasteiger partial charge in [-0.3, -0.25) is 14.2 Å². The molecule has 0 spiro atoms. The Balaban J connectivity index is 1.68. The molecule has 0 fully saturated rings. The Hall–Kier alpha value is -2.02. The third-order valence-electron chi connectivity index (χ3n) is 4.21. The molecule has 1 aromatic carbocycles. The van der Waals surface area contributed by atoms with Gasteiger partial charge in [0.25, 0.3) is 0 Å². The fourth-order valence-electron chi connectivity index (χ4n) is 2.72. The second-order valence-corrected chi connectivity index (χ2v) is 7.46. The van der Waals surface area contributed by atoms with Crippen molar-refractivity contribution in [1.82, 2.24) is 19.6 Å². The molecule has 1 N–H and O–H groups in total. The summed E-state index contributed by atoms with van der Waals surface area (Å²) in [5.41, 5.74) is 3.01. The number of carbonyl (C=O) groups excluding carboxylic acids is 1. The van der Waals surface area contributed by atoms with Crippen LogP contribution >= 0.6 is 34.8 Å². The second kappa shape index (κ2) is 7.92. The summed E-state index contributed by atoms with van der Waals surface area (Å²) in [7, 11) is 0. The lowest BCUT2D eigenvalue weighted by Crippen LogP contribution is -2.25. The number of aromatic nitrogens is 4. The summed E-state index contributed by atoms with van der Waals surface area (Å²) in [6, 6.07) is 4.91. The average molecular weight is 427 g/mol. The van der Waals surface area contributed by atoms with E-state index in [2.05, 4.69) is 15.5 Å². The molecule has 1 atom stereocenters. The summed E-state index contributed by atoms with van der Waals surface area (Å²) in [5.74, 6) is -0.202. The van der Waals surface area contributed by atoms with Crippen LogP contribution in [0, 0.1) is 13.8 Å². The third kappa shape index (κ3) is 4.29. The number of nitrogens with zero attached hydrogens (tertiary/aromatic N) is 4. The van der Waals surface area contributed by atoms with Crippen molar-refractivity contribution in [2.75, 3.05) is 5.32 Å². The molecule has 0 aliphatic rings. The van der Waals surface area contributed by atoms with Crippen molar-refractivity contribution < 1.29 is 4.79 Å². The van der Waals surface area contributed by atoms with Crippen LogP contribution in [-0.2, 0) is 11.3 Å². The second-order valence-electron chi connectivity index (χ2n) is 6.27. The Morgan fingerprint density at radius 1 is 1.22 bits per heavy atom. The SMILES string of the molecule is Cc1nn(C(C)C(=O)Nc2cnn(Cc3ccc(Cl)c(Cl)c3)c2)c(C)c1Cl. The predicted molar refractivity (Wildman–Crippen MR) is 108 cm³/mol. The van der Waals surface area contributed by atoms with Crippen molar-refractivity contribution in [2.45, 2.75) is 33.4 Å². The monoisotopic (exact) mass is 425 g/mol. The molecule has 3 aromatic rings. The van der Waals surface area contributed by atoms with E-state index < -0.39 is 6.04 Å². The first kappa shape index (κ1) is 19.7. The van der Waals surface area contributed by atoms with Gasteiger partial charge in [0.05, 0.1) is 44.9 Å². The maximum absolute atomic E-state index is 12.6. The first-order chi connectivity index (χ1) is 12.8. The Morgan fingerprint density at radius 3 is 2.59 bits per heavy atom. The normalized spacial score (nSPS) is 12.2. The largest absolute Gasteiger partial charge is 0.322 e. The lowest BCUT2D eigenvalue weighted by Gasteiger charge is -2.13. The molecule has 0 saturated carbocycles. The third-order valence-corrected chi connectivity index (χ3v) is 5.50. The number of amides is 1. The van der Waals surface area contributed by atoms with Crippen LogP contribution < -0.4 is 5.32 Å². The van der Waals surface area contributed by atoms with Crippen LogP contribution in [0.5, 0.6) is 0 Å². The molecule has 2 aromatic heterocycles. The van der Waals surface area contributed by atoms with E-state index in [0.717, 1.165) is 11.3 Å². The molecule has 27 heavy (non-hydrogen) atoms. The molecule has 9 heteroatoms. The molecule has 6 nitrogen and oxygen atoms in total. The molecule has 0 bridgehead atoms. The Morgan fingerprint density at radius 2 is 1.96 bits per heavy atom. The van der Waals surface area contributed by atoms with Crippen molar-refractivity contribution in [3.8, 4) is 0 Å². The fourth-order valence-corrected chi connectivity index (χ4v) is 3.16. The first-order valence-corrected chi connectivity index (χ1v) is 9.38. The summed E-state index contributed by atoms with van der Waals surface area (Å²) in [5, 5.41) is 13.0. The van der Waals surface area contributed by atoms with Crippen LogP contribution in [0.15, 0.2) is 30.6 Å². The highest BCUT2D eigenvalue weighted by atomic mass is 35.5. The quantitative estimate of drug-likeness (QED) is 0.631. The molecule has 0 saturated heterocycles. The number of hydrogen-bond donors (Lipinski definition) is 1. The number of carbonyl (C=O) groups is 1. The van der Waals surface area contributed by atoms with Crippen LogP contribution in [0.1, 0.15) is 29.9 Å². The molecule has 0 aliphatic heterocycles. The Labute approximate surface area is 172 Å². The number of benzene rings is 1. The van der Waals surface area contributed by atoms with Crippen molar-refractivity contribution in [3.05, 3.63) is 62.6 Å². The summed E-state index contributed by atoms with van der Waals surface area (Å²) >= 11 is 18.1. The van der Waals surface area contributed by atoms with Gasteiger partial charge in [-0.25, -0.2) is 0 Å². The van der Waals surface area contributed by atoms with Crippen molar-refractivity contribution in [3.63, 3.8) is 0 Å². The van der Waals surface area contributed by atoms with Crippen molar-refractivity contribution in [1.29, 1.82) is 0 Å². The number of aryl methyl sites for hydroxylation is 1. The van der Waals surface area contributed by atoms with E-state index in [1.54, 1.807) is 40.8 Å². The van der Waals surface area contributed by atoms with E-state index in [4.69, 9.17) is 34.8 Å². The zero-order valence-electron chi connectivity index (χ0n) is 15.0. The van der Waals surface area contributed by atoms with Gasteiger partial charge in [-0.15, -0.1) is 0 Å².